The Labute approximate surface area is 112 Å². The molecule has 0 N–H and O–H groups in total. The molecule has 0 spiro atoms. The van der Waals surface area contributed by atoms with Crippen LogP contribution in [0.1, 0.15) is 29.7 Å². The summed E-state index contributed by atoms with van der Waals surface area (Å²) in [6.45, 7) is 9.42. The summed E-state index contributed by atoms with van der Waals surface area (Å²) < 4.78 is 0. The average molecular weight is 225 g/mol. The Bertz CT molecular complexity index is 371. The van der Waals surface area contributed by atoms with Gasteiger partial charge in [0.1, 0.15) is 0 Å². The van der Waals surface area contributed by atoms with Crippen LogP contribution in [0.5, 0.6) is 0 Å². The van der Waals surface area contributed by atoms with Gasteiger partial charge in [-0.25, -0.2) is 0 Å². The Morgan fingerprint density at radius 1 is 1.31 bits per heavy atom. The van der Waals surface area contributed by atoms with E-state index in [1.165, 1.54) is 36.1 Å². The van der Waals surface area contributed by atoms with Crippen LogP contribution in [0.15, 0.2) is 12.3 Å². The second-order valence-corrected chi connectivity index (χ2v) is 10.7. The molecule has 1 aromatic heterocycles. The van der Waals surface area contributed by atoms with E-state index >= 15 is 0 Å². The van der Waals surface area contributed by atoms with E-state index < -0.39 is 8.07 Å². The molecule has 0 saturated heterocycles. The average Bonchev–Trinajstić information content (AvgIpc) is 2.15. The summed E-state index contributed by atoms with van der Waals surface area (Å²) in [4.78, 5) is 4.66. The smallest absolute Gasteiger partial charge is 0.295 e. The summed E-state index contributed by atoms with van der Waals surface area (Å²) in [5.74, 6) is 0. The first-order chi connectivity index (χ1) is 6.98. The van der Waals surface area contributed by atoms with Crippen molar-refractivity contribution in [3.05, 3.63) is 34.6 Å². The van der Waals surface area contributed by atoms with Gasteiger partial charge in [-0.15, -0.1) is 6.07 Å². The van der Waals surface area contributed by atoms with Crippen molar-refractivity contribution in [3.8, 4) is 0 Å². The first kappa shape index (κ1) is 13.9. The molecule has 1 aliphatic carbocycles. The number of nitrogens with zero attached hydrogens (tertiary/aromatic N) is 1. The zero-order chi connectivity index (χ0) is 11.1. The van der Waals surface area contributed by atoms with Crippen LogP contribution in [0.25, 0.3) is 0 Å². The molecule has 0 atom stereocenters. The Morgan fingerprint density at radius 3 is 2.62 bits per heavy atom. The maximum Gasteiger partial charge on any atom is 1.00 e. The SMILES string of the molecule is Cc1cnc2c(c1)CCC[C-]2[Si](C)(C)C.[Li+]. The van der Waals surface area contributed by atoms with Gasteiger partial charge in [-0.1, -0.05) is 50.2 Å². The van der Waals surface area contributed by atoms with Gasteiger partial charge < -0.3 is 0 Å². The fraction of sp³-hybridized carbons (Fsp3) is 0.538. The van der Waals surface area contributed by atoms with Crippen LogP contribution in [0.2, 0.25) is 19.6 Å². The third-order valence-electron chi connectivity index (χ3n) is 3.17. The molecule has 0 bridgehead atoms. The molecule has 1 aliphatic rings. The van der Waals surface area contributed by atoms with Crippen molar-refractivity contribution < 1.29 is 18.9 Å². The van der Waals surface area contributed by atoms with E-state index in [2.05, 4.69) is 37.6 Å². The Balaban J connectivity index is 0.00000128. The van der Waals surface area contributed by atoms with Gasteiger partial charge in [-0.2, -0.15) is 11.1 Å². The number of hydrogen-bond acceptors (Lipinski definition) is 1. The van der Waals surface area contributed by atoms with Crippen molar-refractivity contribution in [1.82, 2.24) is 4.98 Å². The third-order valence-corrected chi connectivity index (χ3v) is 5.46. The molecule has 82 valence electrons. The largest absolute Gasteiger partial charge is 1.00 e. The summed E-state index contributed by atoms with van der Waals surface area (Å²) in [6, 6.07) is 2.32. The van der Waals surface area contributed by atoms with E-state index in [4.69, 9.17) is 0 Å². The zero-order valence-corrected chi connectivity index (χ0v) is 12.2. The van der Waals surface area contributed by atoms with E-state index in [9.17, 15) is 0 Å². The molecule has 0 unspecified atom stereocenters. The molecule has 0 fully saturated rings. The first-order valence-corrected chi connectivity index (χ1v) is 9.30. The van der Waals surface area contributed by atoms with Crippen LogP contribution >= 0.6 is 0 Å². The quantitative estimate of drug-likeness (QED) is 0.502. The van der Waals surface area contributed by atoms with E-state index in [1.54, 1.807) is 5.54 Å². The van der Waals surface area contributed by atoms with Crippen LogP contribution in [0.3, 0.4) is 0 Å². The fourth-order valence-electron chi connectivity index (χ4n) is 2.40. The minimum Gasteiger partial charge on any atom is -0.295 e. The van der Waals surface area contributed by atoms with Crippen molar-refractivity contribution in [2.45, 2.75) is 45.8 Å². The van der Waals surface area contributed by atoms with Gasteiger partial charge in [0, 0.05) is 6.20 Å². The number of aromatic nitrogens is 1. The van der Waals surface area contributed by atoms with Gasteiger partial charge in [0.2, 0.25) is 0 Å². The molecule has 1 heterocycles. The minimum absolute atomic E-state index is 0. The van der Waals surface area contributed by atoms with Crippen molar-refractivity contribution in [2.24, 2.45) is 0 Å². The Hall–Kier alpha value is -0.166. The summed E-state index contributed by atoms with van der Waals surface area (Å²) in [6.07, 6.45) is 5.83. The molecule has 0 amide bonds. The summed E-state index contributed by atoms with van der Waals surface area (Å²) in [5.41, 5.74) is 5.79. The van der Waals surface area contributed by atoms with Gasteiger partial charge in [-0.05, 0) is 15.0 Å². The predicted octanol–water partition coefficient (Wildman–Crippen LogP) is 0.530. The van der Waals surface area contributed by atoms with Crippen LogP contribution in [0.4, 0.5) is 0 Å². The molecule has 0 aliphatic heterocycles. The van der Waals surface area contributed by atoms with Crippen molar-refractivity contribution in [2.75, 3.05) is 0 Å². The number of hydrogen-bond donors (Lipinski definition) is 0. The van der Waals surface area contributed by atoms with Gasteiger partial charge in [0.05, 0.1) is 0 Å². The number of rotatable bonds is 1. The van der Waals surface area contributed by atoms with E-state index in [0.29, 0.717) is 0 Å². The summed E-state index contributed by atoms with van der Waals surface area (Å²) >= 11 is 0. The first-order valence-electron chi connectivity index (χ1n) is 5.80. The van der Waals surface area contributed by atoms with Crippen LogP contribution in [0, 0.1) is 12.5 Å². The van der Waals surface area contributed by atoms with E-state index in [-0.39, 0.29) is 18.9 Å². The molecular formula is C13H20LiNSi. The molecule has 0 saturated carbocycles. The van der Waals surface area contributed by atoms with Gasteiger partial charge in [0.25, 0.3) is 0 Å². The van der Waals surface area contributed by atoms with Crippen molar-refractivity contribution in [3.63, 3.8) is 0 Å². The van der Waals surface area contributed by atoms with Crippen LogP contribution in [-0.2, 0) is 6.42 Å². The second-order valence-electron chi connectivity index (χ2n) is 5.60. The standard InChI is InChI=1S/C13H20NSi.Li/c1-10-8-11-6-5-7-12(15(2,3)4)13(11)14-9-10;/h8-9H,5-7H2,1-4H3;/q-1;+1. The predicted molar refractivity (Wildman–Crippen MR) is 67.6 cm³/mol. The number of fused-ring (bicyclic) bond motifs is 1. The van der Waals surface area contributed by atoms with Crippen LogP contribution in [-0.4, -0.2) is 13.1 Å². The van der Waals surface area contributed by atoms with E-state index in [1.807, 2.05) is 6.20 Å². The molecule has 1 nitrogen and oxygen atoms in total. The third kappa shape index (κ3) is 2.74. The summed E-state index contributed by atoms with van der Waals surface area (Å²) in [5, 5.41) is 0. The van der Waals surface area contributed by atoms with Gasteiger partial charge in [0.15, 0.2) is 0 Å². The number of pyridine rings is 1. The minimum atomic E-state index is -1.17. The maximum absolute atomic E-state index is 4.66. The second kappa shape index (κ2) is 5.00. The monoisotopic (exact) mass is 225 g/mol. The maximum atomic E-state index is 4.66. The van der Waals surface area contributed by atoms with Crippen molar-refractivity contribution >= 4 is 8.07 Å². The number of aryl methyl sites for hydroxylation is 2. The van der Waals surface area contributed by atoms with Gasteiger partial charge >= 0.3 is 18.9 Å². The normalized spacial score (nSPS) is 15.4. The van der Waals surface area contributed by atoms with Crippen LogP contribution < -0.4 is 18.9 Å². The molecule has 1 aromatic rings. The zero-order valence-electron chi connectivity index (χ0n) is 11.2. The Kier molecular flexibility index (Phi) is 4.34. The molecular weight excluding hydrogens is 205 g/mol. The molecule has 2 rings (SSSR count). The Morgan fingerprint density at radius 2 is 2.00 bits per heavy atom. The molecule has 16 heavy (non-hydrogen) atoms. The molecule has 0 radical (unpaired) electrons. The molecule has 3 heteroatoms. The van der Waals surface area contributed by atoms with E-state index in [0.717, 1.165) is 0 Å². The van der Waals surface area contributed by atoms with Gasteiger partial charge in [-0.3, -0.25) is 4.98 Å². The summed E-state index contributed by atoms with van der Waals surface area (Å²) in [7, 11) is -1.17. The topological polar surface area (TPSA) is 12.9 Å². The molecule has 0 aromatic carbocycles. The fourth-order valence-corrected chi connectivity index (χ4v) is 4.26. The van der Waals surface area contributed by atoms with Crippen molar-refractivity contribution in [1.29, 1.82) is 0 Å².